The highest BCUT2D eigenvalue weighted by Crippen LogP contribution is 2.35. The van der Waals surface area contributed by atoms with Crippen molar-refractivity contribution in [3.8, 4) is 0 Å². The van der Waals surface area contributed by atoms with Gasteiger partial charge in [0, 0.05) is 12.4 Å². The van der Waals surface area contributed by atoms with E-state index in [1.807, 2.05) is 12.3 Å². The van der Waals surface area contributed by atoms with Crippen LogP contribution in [0, 0.1) is 0 Å². The van der Waals surface area contributed by atoms with Crippen molar-refractivity contribution in [1.82, 2.24) is 4.98 Å². The van der Waals surface area contributed by atoms with Crippen molar-refractivity contribution in [3.63, 3.8) is 0 Å². The summed E-state index contributed by atoms with van der Waals surface area (Å²) < 4.78 is 0. The predicted molar refractivity (Wildman–Crippen MR) is 92.3 cm³/mol. The average molecular weight is 289 g/mol. The molecular weight excluding hydrogens is 273 g/mol. The third-order valence-corrected chi connectivity index (χ3v) is 5.33. The van der Waals surface area contributed by atoms with Crippen LogP contribution in [0.5, 0.6) is 0 Å². The van der Waals surface area contributed by atoms with Crippen LogP contribution in [0.2, 0.25) is 0 Å². The van der Waals surface area contributed by atoms with E-state index in [0.29, 0.717) is 0 Å². The molecule has 0 unspecified atom stereocenters. The molecule has 0 N–H and O–H groups in total. The zero-order valence-corrected chi connectivity index (χ0v) is 12.5. The fourth-order valence-electron chi connectivity index (χ4n) is 2.13. The fraction of sp³-hybridized carbons (Fsp3) is 0. The Morgan fingerprint density at radius 1 is 0.714 bits per heavy atom. The molecule has 0 aliphatic carbocycles. The lowest BCUT2D eigenvalue weighted by molar-refractivity contribution is 1.32. The highest BCUT2D eigenvalue weighted by molar-refractivity contribution is 7.75. The van der Waals surface area contributed by atoms with Gasteiger partial charge >= 0.3 is 0 Å². The van der Waals surface area contributed by atoms with Crippen LogP contribution in [0.4, 0.5) is 0 Å². The maximum Gasteiger partial charge on any atom is 0.0340 e. The number of hydrogen-bond acceptors (Lipinski definition) is 1. The Labute approximate surface area is 126 Å². The van der Waals surface area contributed by atoms with Crippen molar-refractivity contribution in [3.05, 3.63) is 96.6 Å². The van der Waals surface area contributed by atoms with E-state index in [-0.39, 0.29) is 0 Å². The minimum atomic E-state index is -0.483. The van der Waals surface area contributed by atoms with E-state index < -0.39 is 7.92 Å². The monoisotopic (exact) mass is 289 g/mol. The molecule has 0 amide bonds. The number of pyridine rings is 1. The van der Waals surface area contributed by atoms with Crippen molar-refractivity contribution in [2.24, 2.45) is 0 Å². The zero-order valence-electron chi connectivity index (χ0n) is 11.6. The average Bonchev–Trinajstić information content (AvgIpc) is 2.58. The van der Waals surface area contributed by atoms with Crippen LogP contribution in [0.25, 0.3) is 6.08 Å². The summed E-state index contributed by atoms with van der Waals surface area (Å²) in [6.45, 7) is 0. The molecule has 3 aromatic rings. The van der Waals surface area contributed by atoms with Gasteiger partial charge in [-0.25, -0.2) is 0 Å². The van der Waals surface area contributed by atoms with E-state index in [0.717, 1.165) is 5.56 Å². The van der Waals surface area contributed by atoms with E-state index in [9.17, 15) is 0 Å². The Morgan fingerprint density at radius 3 is 1.86 bits per heavy atom. The minimum Gasteiger partial charge on any atom is -0.264 e. The molecule has 0 radical (unpaired) electrons. The molecule has 0 aliphatic heterocycles. The predicted octanol–water partition coefficient (Wildman–Crippen LogP) is 4.19. The van der Waals surface area contributed by atoms with Gasteiger partial charge in [0.1, 0.15) is 0 Å². The Morgan fingerprint density at radius 2 is 1.33 bits per heavy atom. The summed E-state index contributed by atoms with van der Waals surface area (Å²) in [6.07, 6.45) is 5.85. The molecule has 0 fully saturated rings. The van der Waals surface area contributed by atoms with Crippen molar-refractivity contribution in [2.75, 3.05) is 0 Å². The molecule has 2 heteroatoms. The molecule has 0 atom stereocenters. The lowest BCUT2D eigenvalue weighted by atomic mass is 10.3. The van der Waals surface area contributed by atoms with Crippen molar-refractivity contribution in [2.45, 2.75) is 0 Å². The molecule has 0 aliphatic rings. The molecule has 1 nitrogen and oxygen atoms in total. The van der Waals surface area contributed by atoms with E-state index in [1.54, 1.807) is 6.20 Å². The fourth-order valence-corrected chi connectivity index (χ4v) is 4.08. The van der Waals surface area contributed by atoms with Gasteiger partial charge in [0.15, 0.2) is 0 Å². The van der Waals surface area contributed by atoms with Crippen LogP contribution in [-0.2, 0) is 0 Å². The third-order valence-electron chi connectivity index (χ3n) is 3.17. The van der Waals surface area contributed by atoms with Crippen LogP contribution in [0.3, 0.4) is 0 Å². The molecule has 0 spiro atoms. The van der Waals surface area contributed by atoms with E-state index in [2.05, 4.69) is 83.6 Å². The van der Waals surface area contributed by atoms with Gasteiger partial charge in [0.2, 0.25) is 0 Å². The van der Waals surface area contributed by atoms with Gasteiger partial charge in [0.05, 0.1) is 0 Å². The number of aromatic nitrogens is 1. The first kappa shape index (κ1) is 13.7. The zero-order chi connectivity index (χ0) is 14.3. The standard InChI is InChI=1S/C19H16NP/c1-3-9-18(10-4-1)21(19-11-5-2-6-12-19)15-13-17-8-7-14-20-16-17/h1-16H/b15-13-. The highest BCUT2D eigenvalue weighted by Gasteiger charge is 2.09. The normalized spacial score (nSPS) is 11.1. The Bertz CT molecular complexity index is 654. The molecule has 0 saturated carbocycles. The second-order valence-electron chi connectivity index (χ2n) is 4.64. The second-order valence-corrected chi connectivity index (χ2v) is 6.71. The molecule has 102 valence electrons. The van der Waals surface area contributed by atoms with Crippen LogP contribution in [0.1, 0.15) is 5.56 Å². The summed E-state index contributed by atoms with van der Waals surface area (Å²) in [7, 11) is -0.483. The largest absolute Gasteiger partial charge is 0.264 e. The van der Waals surface area contributed by atoms with Crippen LogP contribution in [-0.4, -0.2) is 4.98 Å². The molecule has 1 aromatic heterocycles. The molecule has 0 bridgehead atoms. The van der Waals surface area contributed by atoms with Crippen molar-refractivity contribution < 1.29 is 0 Å². The van der Waals surface area contributed by atoms with E-state index in [1.165, 1.54) is 10.6 Å². The molecule has 21 heavy (non-hydrogen) atoms. The quantitative estimate of drug-likeness (QED) is 0.656. The van der Waals surface area contributed by atoms with E-state index in [4.69, 9.17) is 0 Å². The minimum absolute atomic E-state index is 0.483. The van der Waals surface area contributed by atoms with Gasteiger partial charge in [-0.3, -0.25) is 4.98 Å². The van der Waals surface area contributed by atoms with Gasteiger partial charge in [-0.2, -0.15) is 0 Å². The highest BCUT2D eigenvalue weighted by atomic mass is 31.1. The second kappa shape index (κ2) is 6.97. The summed E-state index contributed by atoms with van der Waals surface area (Å²) in [5, 5.41) is 2.72. The van der Waals surface area contributed by atoms with E-state index >= 15 is 0 Å². The lowest BCUT2D eigenvalue weighted by Gasteiger charge is -2.14. The summed E-state index contributed by atoms with van der Waals surface area (Å²) in [5.41, 5.74) is 1.14. The molecule has 3 rings (SSSR count). The first-order valence-corrected chi connectivity index (χ1v) is 8.32. The maximum absolute atomic E-state index is 4.16. The number of benzene rings is 2. The van der Waals surface area contributed by atoms with Gasteiger partial charge < -0.3 is 0 Å². The Balaban J connectivity index is 1.96. The number of nitrogens with zero attached hydrogens (tertiary/aromatic N) is 1. The van der Waals surface area contributed by atoms with Crippen LogP contribution >= 0.6 is 7.92 Å². The lowest BCUT2D eigenvalue weighted by Crippen LogP contribution is -2.09. The topological polar surface area (TPSA) is 12.9 Å². The smallest absolute Gasteiger partial charge is 0.0340 e. The van der Waals surface area contributed by atoms with Gasteiger partial charge in [-0.1, -0.05) is 78.6 Å². The van der Waals surface area contributed by atoms with Crippen molar-refractivity contribution >= 4 is 24.6 Å². The maximum atomic E-state index is 4.16. The van der Waals surface area contributed by atoms with Crippen LogP contribution in [0.15, 0.2) is 91.0 Å². The molecular formula is C19H16NP. The van der Waals surface area contributed by atoms with Crippen molar-refractivity contribution in [1.29, 1.82) is 0 Å². The summed E-state index contributed by atoms with van der Waals surface area (Å²) in [5.74, 6) is 2.30. The Kier molecular flexibility index (Phi) is 4.55. The van der Waals surface area contributed by atoms with Gasteiger partial charge in [-0.15, -0.1) is 0 Å². The first-order chi connectivity index (χ1) is 10.4. The molecule has 2 aromatic carbocycles. The molecule has 0 saturated heterocycles. The number of rotatable bonds is 4. The van der Waals surface area contributed by atoms with Gasteiger partial charge in [0.25, 0.3) is 0 Å². The summed E-state index contributed by atoms with van der Waals surface area (Å²) >= 11 is 0. The SMILES string of the molecule is C(=C/P(c1ccccc1)c1ccccc1)/c1cccnc1. The summed E-state index contributed by atoms with van der Waals surface area (Å²) in [4.78, 5) is 4.16. The molecule has 1 heterocycles. The first-order valence-electron chi connectivity index (χ1n) is 6.91. The van der Waals surface area contributed by atoms with Gasteiger partial charge in [-0.05, 0) is 30.2 Å². The Hall–Kier alpha value is -2.24. The number of hydrogen-bond donors (Lipinski definition) is 0. The summed E-state index contributed by atoms with van der Waals surface area (Å²) in [6, 6.07) is 25.4. The van der Waals surface area contributed by atoms with Crippen LogP contribution < -0.4 is 10.6 Å². The third kappa shape index (κ3) is 3.65.